The Bertz CT molecular complexity index is 853. The highest BCUT2D eigenvalue weighted by Gasteiger charge is 2.13. The summed E-state index contributed by atoms with van der Waals surface area (Å²) < 4.78 is 14.6. The number of nitrogens with zero attached hydrogens (tertiary/aromatic N) is 3. The van der Waals surface area contributed by atoms with Gasteiger partial charge in [-0.05, 0) is 29.8 Å². The number of nitrogens with two attached hydrogens (primary N) is 1. The number of rotatable bonds is 4. The minimum Gasteiger partial charge on any atom is -0.335 e. The zero-order valence-electron chi connectivity index (χ0n) is 11.7. The molecule has 0 saturated carbocycles. The minimum atomic E-state index is -0.354. The molecule has 0 saturated heterocycles. The lowest BCUT2D eigenvalue weighted by Gasteiger charge is -2.05. The van der Waals surface area contributed by atoms with E-state index in [1.54, 1.807) is 24.3 Å². The molecule has 2 aromatic carbocycles. The summed E-state index contributed by atoms with van der Waals surface area (Å²) in [6.07, 6.45) is 0. The molecule has 0 radical (unpaired) electrons. The van der Waals surface area contributed by atoms with Crippen LogP contribution in [0.4, 0.5) is 4.39 Å². The van der Waals surface area contributed by atoms with Crippen LogP contribution in [-0.2, 0) is 5.75 Å². The number of aromatic nitrogens is 3. The molecule has 3 rings (SSSR count). The summed E-state index contributed by atoms with van der Waals surface area (Å²) in [5.74, 6) is 6.61. The molecule has 118 valence electrons. The highest BCUT2D eigenvalue weighted by molar-refractivity contribution is 7.98. The van der Waals surface area contributed by atoms with Crippen molar-refractivity contribution < 1.29 is 4.39 Å². The second-order valence-electron chi connectivity index (χ2n) is 4.71. The van der Waals surface area contributed by atoms with Crippen LogP contribution in [-0.4, -0.2) is 14.9 Å². The molecule has 2 N–H and O–H groups in total. The maximum absolute atomic E-state index is 13.3. The number of benzene rings is 2. The molecule has 0 unspecified atom stereocenters. The van der Waals surface area contributed by atoms with E-state index in [4.69, 9.17) is 29.0 Å². The van der Waals surface area contributed by atoms with Gasteiger partial charge in [-0.3, -0.25) is 0 Å². The molecule has 0 aliphatic carbocycles. The topological polar surface area (TPSA) is 56.7 Å². The third kappa shape index (κ3) is 3.60. The van der Waals surface area contributed by atoms with Gasteiger partial charge in [0.05, 0.1) is 0 Å². The number of halogens is 3. The van der Waals surface area contributed by atoms with Gasteiger partial charge >= 0.3 is 0 Å². The predicted octanol–water partition coefficient (Wildman–Crippen LogP) is 4.40. The average molecular weight is 369 g/mol. The average Bonchev–Trinajstić information content (AvgIpc) is 2.87. The standard InChI is InChI=1S/C15H11Cl2FN4S/c16-11-5-4-10(13(17)7-11)8-23-15-21-20-14(22(15)19)9-2-1-3-12(18)6-9/h1-7H,8,19H2. The summed E-state index contributed by atoms with van der Waals surface area (Å²) in [4.78, 5) is 0. The van der Waals surface area contributed by atoms with E-state index in [1.165, 1.54) is 28.6 Å². The van der Waals surface area contributed by atoms with Crippen LogP contribution in [0.5, 0.6) is 0 Å². The molecule has 0 bridgehead atoms. The zero-order valence-corrected chi connectivity index (χ0v) is 14.0. The molecule has 0 aliphatic heterocycles. The van der Waals surface area contributed by atoms with E-state index in [-0.39, 0.29) is 5.82 Å². The van der Waals surface area contributed by atoms with E-state index in [0.717, 1.165) is 5.56 Å². The van der Waals surface area contributed by atoms with Gasteiger partial charge in [-0.2, -0.15) is 0 Å². The van der Waals surface area contributed by atoms with Crippen molar-refractivity contribution >= 4 is 35.0 Å². The molecule has 0 fully saturated rings. The highest BCUT2D eigenvalue weighted by atomic mass is 35.5. The molecule has 0 spiro atoms. The maximum Gasteiger partial charge on any atom is 0.210 e. The molecule has 3 aromatic rings. The lowest BCUT2D eigenvalue weighted by atomic mass is 10.2. The number of thioether (sulfide) groups is 1. The summed E-state index contributed by atoms with van der Waals surface area (Å²) in [6, 6.07) is 11.3. The smallest absolute Gasteiger partial charge is 0.210 e. The molecule has 0 aliphatic rings. The van der Waals surface area contributed by atoms with Gasteiger partial charge in [-0.1, -0.05) is 53.2 Å². The van der Waals surface area contributed by atoms with E-state index < -0.39 is 0 Å². The lowest BCUT2D eigenvalue weighted by Crippen LogP contribution is -2.11. The van der Waals surface area contributed by atoms with Crippen LogP contribution in [0.25, 0.3) is 11.4 Å². The van der Waals surface area contributed by atoms with Gasteiger partial charge in [0.15, 0.2) is 5.82 Å². The Morgan fingerprint density at radius 3 is 2.70 bits per heavy atom. The van der Waals surface area contributed by atoms with Gasteiger partial charge in [-0.15, -0.1) is 10.2 Å². The first kappa shape index (κ1) is 16.1. The second-order valence-corrected chi connectivity index (χ2v) is 6.50. The second kappa shape index (κ2) is 6.78. The Balaban J connectivity index is 1.80. The first-order valence-corrected chi connectivity index (χ1v) is 8.32. The number of hydrogen-bond donors (Lipinski definition) is 1. The Morgan fingerprint density at radius 1 is 1.13 bits per heavy atom. The molecular weight excluding hydrogens is 358 g/mol. The van der Waals surface area contributed by atoms with Gasteiger partial charge in [0, 0.05) is 21.4 Å². The molecule has 0 atom stereocenters. The fourth-order valence-corrected chi connectivity index (χ4v) is 3.40. The molecule has 1 aromatic heterocycles. The minimum absolute atomic E-state index is 0.354. The van der Waals surface area contributed by atoms with Crippen molar-refractivity contribution in [1.29, 1.82) is 0 Å². The summed E-state index contributed by atoms with van der Waals surface area (Å²) in [5.41, 5.74) is 1.48. The largest absolute Gasteiger partial charge is 0.335 e. The van der Waals surface area contributed by atoms with Gasteiger partial charge in [-0.25, -0.2) is 9.07 Å². The normalized spacial score (nSPS) is 10.9. The summed E-state index contributed by atoms with van der Waals surface area (Å²) in [5, 5.41) is 9.74. The van der Waals surface area contributed by atoms with Crippen molar-refractivity contribution in [2.24, 2.45) is 0 Å². The fourth-order valence-electron chi connectivity index (χ4n) is 1.98. The van der Waals surface area contributed by atoms with Crippen LogP contribution in [0, 0.1) is 5.82 Å². The van der Waals surface area contributed by atoms with E-state index in [9.17, 15) is 4.39 Å². The molecule has 8 heteroatoms. The van der Waals surface area contributed by atoms with Crippen molar-refractivity contribution in [1.82, 2.24) is 14.9 Å². The Morgan fingerprint density at radius 2 is 1.96 bits per heavy atom. The molecular formula is C15H11Cl2FN4S. The van der Waals surface area contributed by atoms with Crippen LogP contribution >= 0.6 is 35.0 Å². The third-order valence-corrected chi connectivity index (χ3v) is 4.70. The van der Waals surface area contributed by atoms with E-state index in [1.807, 2.05) is 6.07 Å². The van der Waals surface area contributed by atoms with E-state index in [0.29, 0.717) is 32.3 Å². The summed E-state index contributed by atoms with van der Waals surface area (Å²) in [6.45, 7) is 0. The first-order valence-electron chi connectivity index (χ1n) is 6.58. The van der Waals surface area contributed by atoms with Crippen LogP contribution in [0.1, 0.15) is 5.56 Å². The fraction of sp³-hybridized carbons (Fsp3) is 0.0667. The van der Waals surface area contributed by atoms with Crippen molar-refractivity contribution in [2.45, 2.75) is 10.9 Å². The third-order valence-electron chi connectivity index (χ3n) is 3.12. The lowest BCUT2D eigenvalue weighted by molar-refractivity contribution is 0.628. The summed E-state index contributed by atoms with van der Waals surface area (Å²) in [7, 11) is 0. The van der Waals surface area contributed by atoms with Crippen molar-refractivity contribution in [3.8, 4) is 11.4 Å². The maximum atomic E-state index is 13.3. The van der Waals surface area contributed by atoms with Crippen LogP contribution < -0.4 is 5.84 Å². The van der Waals surface area contributed by atoms with E-state index >= 15 is 0 Å². The Labute approximate surface area is 146 Å². The molecule has 1 heterocycles. The number of hydrogen-bond acceptors (Lipinski definition) is 4. The SMILES string of the molecule is Nn1c(SCc2ccc(Cl)cc2Cl)nnc1-c1cccc(F)c1. The summed E-state index contributed by atoms with van der Waals surface area (Å²) >= 11 is 13.4. The quantitative estimate of drug-likeness (QED) is 0.547. The number of nitrogen functional groups attached to an aromatic ring is 1. The van der Waals surface area contributed by atoms with Gasteiger partial charge < -0.3 is 5.84 Å². The van der Waals surface area contributed by atoms with Crippen LogP contribution in [0.15, 0.2) is 47.6 Å². The van der Waals surface area contributed by atoms with Crippen LogP contribution in [0.3, 0.4) is 0 Å². The van der Waals surface area contributed by atoms with Gasteiger partial charge in [0.1, 0.15) is 5.82 Å². The molecule has 0 amide bonds. The Kier molecular flexibility index (Phi) is 4.75. The zero-order chi connectivity index (χ0) is 16.4. The Hall–Kier alpha value is -1.76. The van der Waals surface area contributed by atoms with Crippen LogP contribution in [0.2, 0.25) is 10.0 Å². The highest BCUT2D eigenvalue weighted by Crippen LogP contribution is 2.28. The van der Waals surface area contributed by atoms with E-state index in [2.05, 4.69) is 10.2 Å². The first-order chi connectivity index (χ1) is 11.0. The molecule has 23 heavy (non-hydrogen) atoms. The monoisotopic (exact) mass is 368 g/mol. The molecule has 4 nitrogen and oxygen atoms in total. The van der Waals surface area contributed by atoms with Crippen molar-refractivity contribution in [3.05, 3.63) is 63.9 Å². The van der Waals surface area contributed by atoms with Gasteiger partial charge in [0.2, 0.25) is 5.16 Å². The van der Waals surface area contributed by atoms with Crippen molar-refractivity contribution in [3.63, 3.8) is 0 Å². The van der Waals surface area contributed by atoms with Crippen molar-refractivity contribution in [2.75, 3.05) is 5.84 Å². The van der Waals surface area contributed by atoms with Gasteiger partial charge in [0.25, 0.3) is 0 Å². The predicted molar refractivity (Wildman–Crippen MR) is 91.6 cm³/mol.